The molecule has 2 N–H and O–H groups in total. The third-order valence-electron chi connectivity index (χ3n) is 3.07. The molecule has 0 aliphatic rings. The lowest BCUT2D eigenvalue weighted by atomic mass is 10.1. The molecule has 6 heteroatoms. The number of ether oxygens (including phenoxy) is 1. The second-order valence-corrected chi connectivity index (χ2v) is 4.64. The number of hydrogen-bond acceptors (Lipinski definition) is 5. The number of esters is 1. The van der Waals surface area contributed by atoms with Gasteiger partial charge < -0.3 is 10.5 Å². The van der Waals surface area contributed by atoms with Gasteiger partial charge in [-0.15, -0.1) is 0 Å². The van der Waals surface area contributed by atoms with Crippen molar-refractivity contribution in [2.75, 3.05) is 5.73 Å². The van der Waals surface area contributed by atoms with Gasteiger partial charge in [0.1, 0.15) is 11.4 Å². The van der Waals surface area contributed by atoms with Crippen molar-refractivity contribution < 1.29 is 14.5 Å². The number of nitrogen functional groups attached to an aromatic ring is 1. The molecule has 0 amide bonds. The second-order valence-electron chi connectivity index (χ2n) is 4.64. The number of rotatable bonds is 3. The first-order chi connectivity index (χ1) is 9.90. The molecule has 0 aliphatic heterocycles. The van der Waals surface area contributed by atoms with E-state index in [1.165, 1.54) is 12.1 Å². The lowest BCUT2D eigenvalue weighted by Crippen LogP contribution is -2.11. The van der Waals surface area contributed by atoms with E-state index < -0.39 is 10.9 Å². The monoisotopic (exact) mass is 286 g/mol. The molecule has 6 nitrogen and oxygen atoms in total. The number of nitrogens with zero attached hydrogens (tertiary/aromatic N) is 1. The summed E-state index contributed by atoms with van der Waals surface area (Å²) in [6.07, 6.45) is 0. The summed E-state index contributed by atoms with van der Waals surface area (Å²) >= 11 is 0. The van der Waals surface area contributed by atoms with E-state index in [2.05, 4.69) is 0 Å². The molecule has 0 radical (unpaired) electrons. The molecule has 0 aromatic heterocycles. The molecule has 0 atom stereocenters. The van der Waals surface area contributed by atoms with Gasteiger partial charge in [-0.25, -0.2) is 4.79 Å². The summed E-state index contributed by atoms with van der Waals surface area (Å²) in [6.45, 7) is 3.64. The molecule has 2 aromatic rings. The van der Waals surface area contributed by atoms with E-state index >= 15 is 0 Å². The van der Waals surface area contributed by atoms with Gasteiger partial charge in [-0.2, -0.15) is 0 Å². The summed E-state index contributed by atoms with van der Waals surface area (Å²) in [7, 11) is 0. The molecule has 0 unspecified atom stereocenters. The molecule has 0 saturated carbocycles. The van der Waals surface area contributed by atoms with Crippen LogP contribution in [0.1, 0.15) is 21.5 Å². The van der Waals surface area contributed by atoms with Crippen molar-refractivity contribution >= 4 is 17.3 Å². The van der Waals surface area contributed by atoms with Crippen LogP contribution in [0.15, 0.2) is 36.4 Å². The van der Waals surface area contributed by atoms with Crippen molar-refractivity contribution in [1.29, 1.82) is 0 Å². The molecule has 0 bridgehead atoms. The van der Waals surface area contributed by atoms with E-state index in [0.717, 1.165) is 17.2 Å². The van der Waals surface area contributed by atoms with Crippen molar-refractivity contribution in [3.8, 4) is 5.75 Å². The van der Waals surface area contributed by atoms with Crippen LogP contribution in [0.3, 0.4) is 0 Å². The molecular weight excluding hydrogens is 272 g/mol. The van der Waals surface area contributed by atoms with Crippen LogP contribution in [0.2, 0.25) is 0 Å². The van der Waals surface area contributed by atoms with Gasteiger partial charge in [-0.05, 0) is 37.1 Å². The van der Waals surface area contributed by atoms with Gasteiger partial charge in [0.05, 0.1) is 10.5 Å². The van der Waals surface area contributed by atoms with Crippen LogP contribution in [0.4, 0.5) is 11.4 Å². The van der Waals surface area contributed by atoms with Crippen LogP contribution in [0, 0.1) is 24.0 Å². The van der Waals surface area contributed by atoms with Crippen molar-refractivity contribution in [2.45, 2.75) is 13.8 Å². The average molecular weight is 286 g/mol. The van der Waals surface area contributed by atoms with Gasteiger partial charge in [-0.3, -0.25) is 10.1 Å². The maximum absolute atomic E-state index is 12.1. The largest absolute Gasteiger partial charge is 0.422 e. The first-order valence-corrected chi connectivity index (χ1v) is 6.22. The molecule has 2 aromatic carbocycles. The van der Waals surface area contributed by atoms with Crippen molar-refractivity contribution in [2.24, 2.45) is 0 Å². The number of nitrogens with two attached hydrogens (primary N) is 1. The highest BCUT2D eigenvalue weighted by molar-refractivity contribution is 5.93. The lowest BCUT2D eigenvalue weighted by molar-refractivity contribution is -0.383. The Kier molecular flexibility index (Phi) is 3.89. The summed E-state index contributed by atoms with van der Waals surface area (Å²) in [5.74, 6) is -0.197. The number of para-hydroxylation sites is 1. The Balaban J connectivity index is 2.33. The second kappa shape index (κ2) is 5.62. The van der Waals surface area contributed by atoms with Crippen LogP contribution in [-0.4, -0.2) is 10.9 Å². The van der Waals surface area contributed by atoms with E-state index in [4.69, 9.17) is 10.5 Å². The standard InChI is InChI=1S/C15H14N2O4/c1-9-4-3-5-10(2)14(9)21-15(18)11-6-7-12(16)13(8-11)17(19)20/h3-8H,16H2,1-2H3. The Morgan fingerprint density at radius 3 is 2.38 bits per heavy atom. The van der Waals surface area contributed by atoms with Crippen molar-refractivity contribution in [3.63, 3.8) is 0 Å². The minimum Gasteiger partial charge on any atom is -0.422 e. The van der Waals surface area contributed by atoms with Gasteiger partial charge in [0.15, 0.2) is 0 Å². The van der Waals surface area contributed by atoms with Gasteiger partial charge in [0.25, 0.3) is 5.69 Å². The molecule has 0 heterocycles. The average Bonchev–Trinajstić information content (AvgIpc) is 2.43. The van der Waals surface area contributed by atoms with Crippen molar-refractivity contribution in [3.05, 3.63) is 63.2 Å². The Labute approximate surface area is 121 Å². The first kappa shape index (κ1) is 14.5. The normalized spacial score (nSPS) is 10.2. The third kappa shape index (κ3) is 3.00. The van der Waals surface area contributed by atoms with E-state index in [0.29, 0.717) is 5.75 Å². The fourth-order valence-electron chi connectivity index (χ4n) is 1.94. The van der Waals surface area contributed by atoms with Crippen LogP contribution in [-0.2, 0) is 0 Å². The molecule has 0 spiro atoms. The molecule has 0 fully saturated rings. The summed E-state index contributed by atoms with van der Waals surface area (Å²) in [6, 6.07) is 9.33. The minimum atomic E-state index is -0.657. The molecule has 2 rings (SSSR count). The maximum Gasteiger partial charge on any atom is 0.343 e. The summed E-state index contributed by atoms with van der Waals surface area (Å²) in [4.78, 5) is 22.3. The number of anilines is 1. The number of carbonyl (C=O) groups is 1. The van der Waals surface area contributed by atoms with Crippen molar-refractivity contribution in [1.82, 2.24) is 0 Å². The van der Waals surface area contributed by atoms with E-state index in [1.54, 1.807) is 0 Å². The van der Waals surface area contributed by atoms with Gasteiger partial charge >= 0.3 is 5.97 Å². The SMILES string of the molecule is Cc1cccc(C)c1OC(=O)c1ccc(N)c([N+](=O)[O-])c1. The quantitative estimate of drug-likeness (QED) is 0.307. The van der Waals surface area contributed by atoms with Crippen LogP contribution in [0.5, 0.6) is 5.75 Å². The Morgan fingerprint density at radius 1 is 1.19 bits per heavy atom. The summed E-state index contributed by atoms with van der Waals surface area (Å²) < 4.78 is 5.33. The number of carbonyl (C=O) groups excluding carboxylic acids is 1. The summed E-state index contributed by atoms with van der Waals surface area (Å²) in [5, 5.41) is 10.8. The van der Waals surface area contributed by atoms with Crippen LogP contribution in [0.25, 0.3) is 0 Å². The lowest BCUT2D eigenvalue weighted by Gasteiger charge is -2.10. The zero-order chi connectivity index (χ0) is 15.6. The van der Waals surface area contributed by atoms with Gasteiger partial charge in [0.2, 0.25) is 0 Å². The first-order valence-electron chi connectivity index (χ1n) is 6.22. The topological polar surface area (TPSA) is 95.5 Å². The highest BCUT2D eigenvalue weighted by Gasteiger charge is 2.18. The number of benzene rings is 2. The number of aryl methyl sites for hydroxylation is 2. The smallest absolute Gasteiger partial charge is 0.343 e. The minimum absolute atomic E-state index is 0.00335. The van der Waals surface area contributed by atoms with E-state index in [-0.39, 0.29) is 16.9 Å². The number of nitro groups is 1. The molecule has 0 saturated heterocycles. The fourth-order valence-corrected chi connectivity index (χ4v) is 1.94. The highest BCUT2D eigenvalue weighted by Crippen LogP contribution is 2.26. The Morgan fingerprint density at radius 2 is 1.81 bits per heavy atom. The zero-order valence-corrected chi connectivity index (χ0v) is 11.6. The van der Waals surface area contributed by atoms with Crippen LogP contribution >= 0.6 is 0 Å². The van der Waals surface area contributed by atoms with E-state index in [9.17, 15) is 14.9 Å². The zero-order valence-electron chi connectivity index (χ0n) is 11.6. The predicted molar refractivity (Wildman–Crippen MR) is 78.4 cm³/mol. The number of nitro benzene ring substituents is 1. The Bertz CT molecular complexity index is 705. The Hall–Kier alpha value is -2.89. The van der Waals surface area contributed by atoms with Gasteiger partial charge in [-0.1, -0.05) is 18.2 Å². The molecular formula is C15H14N2O4. The molecule has 0 aliphatic carbocycles. The maximum atomic E-state index is 12.1. The van der Waals surface area contributed by atoms with E-state index in [1.807, 2.05) is 32.0 Å². The highest BCUT2D eigenvalue weighted by atomic mass is 16.6. The van der Waals surface area contributed by atoms with Gasteiger partial charge in [0, 0.05) is 6.07 Å². The molecule has 21 heavy (non-hydrogen) atoms. The molecule has 108 valence electrons. The third-order valence-corrected chi connectivity index (χ3v) is 3.07. The number of hydrogen-bond donors (Lipinski definition) is 1. The fraction of sp³-hybridized carbons (Fsp3) is 0.133. The van der Waals surface area contributed by atoms with Crippen LogP contribution < -0.4 is 10.5 Å². The predicted octanol–water partition coefficient (Wildman–Crippen LogP) is 3.01. The summed E-state index contributed by atoms with van der Waals surface area (Å²) in [5.41, 5.74) is 6.90.